The van der Waals surface area contributed by atoms with Crippen molar-refractivity contribution in [2.75, 3.05) is 13.6 Å². The number of aliphatic carboxylic acids is 1. The third-order valence-corrected chi connectivity index (χ3v) is 5.61. The van der Waals surface area contributed by atoms with Gasteiger partial charge in [0.05, 0.1) is 23.4 Å². The van der Waals surface area contributed by atoms with Gasteiger partial charge in [0, 0.05) is 20.6 Å². The number of nitrogens with zero attached hydrogens (tertiary/aromatic N) is 5. The van der Waals surface area contributed by atoms with E-state index in [0.717, 1.165) is 12.8 Å². The van der Waals surface area contributed by atoms with Crippen LogP contribution in [-0.2, 0) is 23.2 Å². The molecule has 2 aromatic rings. The van der Waals surface area contributed by atoms with Gasteiger partial charge >= 0.3 is 12.1 Å². The van der Waals surface area contributed by atoms with Crippen molar-refractivity contribution in [1.29, 1.82) is 0 Å². The molecule has 2 atom stereocenters. The van der Waals surface area contributed by atoms with Crippen LogP contribution in [0.1, 0.15) is 44.0 Å². The Balaban J connectivity index is 1.73. The second-order valence-corrected chi connectivity index (χ2v) is 7.80. The molecule has 31 heavy (non-hydrogen) atoms. The van der Waals surface area contributed by atoms with Crippen LogP contribution in [0.15, 0.2) is 12.1 Å². The molecule has 2 heterocycles. The monoisotopic (exact) mass is 431 g/mol. The molecule has 10 nitrogen and oxygen atoms in total. The van der Waals surface area contributed by atoms with E-state index >= 15 is 0 Å². The van der Waals surface area contributed by atoms with Crippen molar-refractivity contribution in [2.45, 2.75) is 52.2 Å². The highest BCUT2D eigenvalue weighted by Gasteiger charge is 2.28. The summed E-state index contributed by atoms with van der Waals surface area (Å²) in [5.74, 6) is -0.497. The molecule has 2 aromatic heterocycles. The van der Waals surface area contributed by atoms with Gasteiger partial charge in [-0.2, -0.15) is 0 Å². The molecule has 1 aliphatic rings. The zero-order valence-electron chi connectivity index (χ0n) is 18.4. The minimum Gasteiger partial charge on any atom is -0.489 e. The molecule has 168 valence electrons. The standard InChI is InChI=1S/C21H29N5O5/c1-5-25(3)21(29)30-12-17-19(23-24-26(17)4)16-9-10-18(13(2)22-16)31-15-8-6-7-14(11-15)20(27)28/h9-10,14-15H,5-8,11-12H2,1-4H3,(H,27,28)/t14-,15-/m0/s1. The van der Waals surface area contributed by atoms with Gasteiger partial charge in [0.1, 0.15) is 23.7 Å². The van der Waals surface area contributed by atoms with E-state index in [1.165, 1.54) is 4.90 Å². The zero-order valence-corrected chi connectivity index (χ0v) is 18.4. The third kappa shape index (κ3) is 5.31. The molecular formula is C21H29N5O5. The van der Waals surface area contributed by atoms with Crippen molar-refractivity contribution in [3.63, 3.8) is 0 Å². The molecule has 1 saturated carbocycles. The van der Waals surface area contributed by atoms with Crippen LogP contribution in [0.3, 0.4) is 0 Å². The highest BCUT2D eigenvalue weighted by Crippen LogP contribution is 2.30. The summed E-state index contributed by atoms with van der Waals surface area (Å²) in [5, 5.41) is 17.5. The summed E-state index contributed by atoms with van der Waals surface area (Å²) in [4.78, 5) is 29.3. The Morgan fingerprint density at radius 1 is 1.32 bits per heavy atom. The summed E-state index contributed by atoms with van der Waals surface area (Å²) in [6, 6.07) is 3.60. The fourth-order valence-corrected chi connectivity index (χ4v) is 3.57. The second kappa shape index (κ2) is 9.76. The Morgan fingerprint density at radius 2 is 2.10 bits per heavy atom. The fourth-order valence-electron chi connectivity index (χ4n) is 3.57. The van der Waals surface area contributed by atoms with Gasteiger partial charge in [-0.05, 0) is 51.7 Å². The lowest BCUT2D eigenvalue weighted by Gasteiger charge is -2.27. The van der Waals surface area contributed by atoms with Gasteiger partial charge < -0.3 is 19.5 Å². The van der Waals surface area contributed by atoms with E-state index in [2.05, 4.69) is 15.3 Å². The van der Waals surface area contributed by atoms with Crippen LogP contribution in [0.2, 0.25) is 0 Å². The number of pyridine rings is 1. The van der Waals surface area contributed by atoms with Crippen molar-refractivity contribution in [3.8, 4) is 17.1 Å². The van der Waals surface area contributed by atoms with Gasteiger partial charge in [-0.25, -0.2) is 14.5 Å². The van der Waals surface area contributed by atoms with E-state index in [1.807, 2.05) is 19.9 Å². The predicted octanol–water partition coefficient (Wildman–Crippen LogP) is 2.80. The van der Waals surface area contributed by atoms with E-state index in [4.69, 9.17) is 9.47 Å². The Morgan fingerprint density at radius 3 is 2.77 bits per heavy atom. The van der Waals surface area contributed by atoms with E-state index in [0.29, 0.717) is 47.9 Å². The zero-order chi connectivity index (χ0) is 22.5. The van der Waals surface area contributed by atoms with Gasteiger partial charge in [0.25, 0.3) is 0 Å². The molecule has 0 spiro atoms. The van der Waals surface area contributed by atoms with Gasteiger partial charge in [-0.1, -0.05) is 5.21 Å². The van der Waals surface area contributed by atoms with Crippen molar-refractivity contribution in [2.24, 2.45) is 13.0 Å². The number of carboxylic acids is 1. The molecule has 1 fully saturated rings. The molecule has 0 saturated heterocycles. The summed E-state index contributed by atoms with van der Waals surface area (Å²) in [6.45, 7) is 4.28. The summed E-state index contributed by atoms with van der Waals surface area (Å²) < 4.78 is 13.0. The van der Waals surface area contributed by atoms with Crippen LogP contribution < -0.4 is 4.74 Å². The topological polar surface area (TPSA) is 120 Å². The Bertz CT molecular complexity index is 944. The highest BCUT2D eigenvalue weighted by atomic mass is 16.6. The number of carbonyl (C=O) groups is 2. The number of carbonyl (C=O) groups excluding carboxylic acids is 1. The molecule has 1 amide bonds. The number of ether oxygens (including phenoxy) is 2. The maximum absolute atomic E-state index is 12.0. The maximum Gasteiger partial charge on any atom is 0.409 e. The molecule has 0 aliphatic heterocycles. The van der Waals surface area contributed by atoms with Crippen molar-refractivity contribution >= 4 is 12.1 Å². The van der Waals surface area contributed by atoms with Crippen LogP contribution in [0.25, 0.3) is 11.4 Å². The first-order valence-electron chi connectivity index (χ1n) is 10.4. The smallest absolute Gasteiger partial charge is 0.409 e. The van der Waals surface area contributed by atoms with E-state index in [1.54, 1.807) is 24.8 Å². The van der Waals surface area contributed by atoms with Gasteiger partial charge in [-0.15, -0.1) is 5.10 Å². The minimum atomic E-state index is -0.764. The number of aromatic nitrogens is 4. The first-order chi connectivity index (χ1) is 14.8. The highest BCUT2D eigenvalue weighted by molar-refractivity contribution is 5.70. The largest absolute Gasteiger partial charge is 0.489 e. The normalized spacial score (nSPS) is 18.5. The number of aryl methyl sites for hydroxylation is 2. The number of carboxylic acid groups (broad SMARTS) is 1. The maximum atomic E-state index is 12.0. The molecule has 3 rings (SSSR count). The van der Waals surface area contributed by atoms with Crippen LogP contribution in [0.4, 0.5) is 4.79 Å². The van der Waals surface area contributed by atoms with Gasteiger partial charge in [-0.3, -0.25) is 4.79 Å². The number of amides is 1. The molecule has 10 heteroatoms. The SMILES string of the molecule is CCN(C)C(=O)OCc1c(-c2ccc(O[C@H]3CCC[C@H](C(=O)O)C3)c(C)n2)nnn1C. The molecule has 1 aliphatic carbocycles. The predicted molar refractivity (Wildman–Crippen MR) is 111 cm³/mol. The average molecular weight is 431 g/mol. The number of hydrogen-bond donors (Lipinski definition) is 1. The van der Waals surface area contributed by atoms with E-state index in [-0.39, 0.29) is 18.6 Å². The minimum absolute atomic E-state index is 0.0274. The molecular weight excluding hydrogens is 402 g/mol. The lowest BCUT2D eigenvalue weighted by molar-refractivity contribution is -0.143. The van der Waals surface area contributed by atoms with E-state index < -0.39 is 12.1 Å². The quantitative estimate of drug-likeness (QED) is 0.711. The first-order valence-corrected chi connectivity index (χ1v) is 10.4. The van der Waals surface area contributed by atoms with Crippen LogP contribution in [-0.4, -0.2) is 61.7 Å². The molecule has 0 aromatic carbocycles. The van der Waals surface area contributed by atoms with Crippen LogP contribution in [0, 0.1) is 12.8 Å². The van der Waals surface area contributed by atoms with Crippen LogP contribution >= 0.6 is 0 Å². The first kappa shape index (κ1) is 22.5. The fraction of sp³-hybridized carbons (Fsp3) is 0.571. The molecule has 0 bridgehead atoms. The summed E-state index contributed by atoms with van der Waals surface area (Å²) >= 11 is 0. The average Bonchev–Trinajstić information content (AvgIpc) is 3.13. The summed E-state index contributed by atoms with van der Waals surface area (Å²) in [6.07, 6.45) is 2.30. The Labute approximate surface area is 181 Å². The molecule has 0 radical (unpaired) electrons. The lowest BCUT2D eigenvalue weighted by atomic mass is 9.87. The van der Waals surface area contributed by atoms with Crippen molar-refractivity contribution < 1.29 is 24.2 Å². The van der Waals surface area contributed by atoms with Crippen LogP contribution in [0.5, 0.6) is 5.75 Å². The Kier molecular flexibility index (Phi) is 7.09. The Hall–Kier alpha value is -3.17. The summed E-state index contributed by atoms with van der Waals surface area (Å²) in [7, 11) is 3.40. The lowest BCUT2D eigenvalue weighted by Crippen LogP contribution is -2.29. The molecule has 1 N–H and O–H groups in total. The number of rotatable bonds is 7. The summed E-state index contributed by atoms with van der Waals surface area (Å²) in [5.41, 5.74) is 2.44. The second-order valence-electron chi connectivity index (χ2n) is 7.80. The van der Waals surface area contributed by atoms with Gasteiger partial charge in [0.2, 0.25) is 0 Å². The number of hydrogen-bond acceptors (Lipinski definition) is 7. The van der Waals surface area contributed by atoms with Gasteiger partial charge in [0.15, 0.2) is 0 Å². The third-order valence-electron chi connectivity index (χ3n) is 5.61. The molecule has 0 unspecified atom stereocenters. The van der Waals surface area contributed by atoms with E-state index in [9.17, 15) is 14.7 Å². The van der Waals surface area contributed by atoms with Crippen molar-refractivity contribution in [3.05, 3.63) is 23.5 Å². The van der Waals surface area contributed by atoms with Crippen molar-refractivity contribution in [1.82, 2.24) is 24.9 Å².